The lowest BCUT2D eigenvalue weighted by Crippen LogP contribution is -2.00. The zero-order valence-corrected chi connectivity index (χ0v) is 22.9. The Morgan fingerprint density at radius 3 is 1.69 bits per heavy atom. The summed E-state index contributed by atoms with van der Waals surface area (Å²) >= 11 is 0. The Hall–Kier alpha value is -5.60. The van der Waals surface area contributed by atoms with E-state index >= 15 is 0 Å². The number of rotatable bonds is 3. The number of fused-ring (bicyclic) bond motifs is 8. The first kappa shape index (κ1) is 23.1. The Bertz CT molecular complexity index is 2460. The standard InChI is InChI=1S/C40H26N2/c1-2-13-28(14-3-1)31-16-6-9-19-36(31)42-38-21-11-8-18-33(38)35-25-24-34-32-17-7-10-20-37(32)41(39(34)40(35)42)30-23-22-27-12-4-5-15-29(27)26-30/h1-26H. The van der Waals surface area contributed by atoms with Crippen molar-refractivity contribution in [2.24, 2.45) is 0 Å². The molecule has 0 bridgehead atoms. The number of hydrogen-bond donors (Lipinski definition) is 0. The molecule has 196 valence electrons. The molecule has 0 amide bonds. The van der Waals surface area contributed by atoms with E-state index in [-0.39, 0.29) is 0 Å². The molecule has 9 rings (SSSR count). The fourth-order valence-corrected chi connectivity index (χ4v) is 6.87. The van der Waals surface area contributed by atoms with Crippen LogP contribution in [0.1, 0.15) is 0 Å². The van der Waals surface area contributed by atoms with E-state index < -0.39 is 0 Å². The molecule has 7 aromatic carbocycles. The van der Waals surface area contributed by atoms with E-state index in [0.717, 1.165) is 0 Å². The molecule has 0 atom stereocenters. The van der Waals surface area contributed by atoms with Crippen LogP contribution in [0, 0.1) is 0 Å². The minimum Gasteiger partial charge on any atom is -0.307 e. The second-order valence-electron chi connectivity index (χ2n) is 11.0. The van der Waals surface area contributed by atoms with Gasteiger partial charge in [0, 0.05) is 32.8 Å². The van der Waals surface area contributed by atoms with Crippen LogP contribution in [-0.2, 0) is 0 Å². The lowest BCUT2D eigenvalue weighted by Gasteiger charge is -2.16. The first-order chi connectivity index (χ1) is 20.9. The molecule has 2 heteroatoms. The molecule has 0 radical (unpaired) electrons. The molecular weight excluding hydrogens is 508 g/mol. The highest BCUT2D eigenvalue weighted by molar-refractivity contribution is 6.24. The summed E-state index contributed by atoms with van der Waals surface area (Å²) in [7, 11) is 0. The molecule has 9 aromatic rings. The zero-order valence-electron chi connectivity index (χ0n) is 22.9. The van der Waals surface area contributed by atoms with Crippen molar-refractivity contribution in [2.45, 2.75) is 0 Å². The predicted molar refractivity (Wildman–Crippen MR) is 178 cm³/mol. The van der Waals surface area contributed by atoms with Gasteiger partial charge >= 0.3 is 0 Å². The highest BCUT2D eigenvalue weighted by Crippen LogP contribution is 2.43. The average molecular weight is 535 g/mol. The van der Waals surface area contributed by atoms with Crippen molar-refractivity contribution in [1.29, 1.82) is 0 Å². The molecule has 0 aliphatic carbocycles. The monoisotopic (exact) mass is 534 g/mol. The number of aromatic nitrogens is 2. The molecule has 0 saturated carbocycles. The van der Waals surface area contributed by atoms with Gasteiger partial charge in [0.1, 0.15) is 0 Å². The van der Waals surface area contributed by atoms with Gasteiger partial charge in [-0.2, -0.15) is 0 Å². The summed E-state index contributed by atoms with van der Waals surface area (Å²) in [6.07, 6.45) is 0. The van der Waals surface area contributed by atoms with Crippen LogP contribution in [0.15, 0.2) is 158 Å². The molecular formula is C40H26N2. The van der Waals surface area contributed by atoms with Gasteiger partial charge in [0.2, 0.25) is 0 Å². The molecule has 2 aromatic heterocycles. The van der Waals surface area contributed by atoms with Crippen molar-refractivity contribution in [3.8, 4) is 22.5 Å². The highest BCUT2D eigenvalue weighted by Gasteiger charge is 2.22. The summed E-state index contributed by atoms with van der Waals surface area (Å²) in [6, 6.07) is 57.2. The van der Waals surface area contributed by atoms with Crippen molar-refractivity contribution in [2.75, 3.05) is 0 Å². The van der Waals surface area contributed by atoms with Crippen molar-refractivity contribution in [1.82, 2.24) is 9.13 Å². The largest absolute Gasteiger partial charge is 0.307 e. The van der Waals surface area contributed by atoms with Crippen molar-refractivity contribution >= 4 is 54.4 Å². The third kappa shape index (κ3) is 3.27. The molecule has 0 unspecified atom stereocenters. The Labute approximate surface area is 243 Å². The van der Waals surface area contributed by atoms with E-state index in [4.69, 9.17) is 0 Å². The van der Waals surface area contributed by atoms with E-state index in [1.165, 1.54) is 76.9 Å². The molecule has 42 heavy (non-hydrogen) atoms. The number of para-hydroxylation sites is 3. The summed E-state index contributed by atoms with van der Waals surface area (Å²) in [6.45, 7) is 0. The molecule has 0 spiro atoms. The fraction of sp³-hybridized carbons (Fsp3) is 0. The van der Waals surface area contributed by atoms with Gasteiger partial charge in [-0.25, -0.2) is 0 Å². The number of hydrogen-bond acceptors (Lipinski definition) is 0. The van der Waals surface area contributed by atoms with Crippen LogP contribution in [0.5, 0.6) is 0 Å². The second kappa shape index (κ2) is 8.95. The van der Waals surface area contributed by atoms with E-state index in [1.54, 1.807) is 0 Å². The Morgan fingerprint density at radius 2 is 0.929 bits per heavy atom. The SMILES string of the molecule is c1ccc(-c2ccccc2-n2c3ccccc3c3ccc4c5ccccc5n(-c5ccc6ccccc6c5)c4c32)cc1. The summed E-state index contributed by atoms with van der Waals surface area (Å²) < 4.78 is 4.96. The average Bonchev–Trinajstić information content (AvgIpc) is 3.58. The van der Waals surface area contributed by atoms with E-state index in [1.807, 2.05) is 0 Å². The van der Waals surface area contributed by atoms with Gasteiger partial charge in [-0.3, -0.25) is 0 Å². The normalized spacial score (nSPS) is 11.8. The van der Waals surface area contributed by atoms with Crippen LogP contribution in [0.3, 0.4) is 0 Å². The molecule has 0 saturated heterocycles. The van der Waals surface area contributed by atoms with Gasteiger partial charge in [0.15, 0.2) is 0 Å². The molecule has 0 aliphatic rings. The summed E-state index contributed by atoms with van der Waals surface area (Å²) in [5.74, 6) is 0. The third-order valence-electron chi connectivity index (χ3n) is 8.69. The minimum absolute atomic E-state index is 1.17. The van der Waals surface area contributed by atoms with Gasteiger partial charge in [-0.1, -0.05) is 127 Å². The van der Waals surface area contributed by atoms with Crippen LogP contribution < -0.4 is 0 Å². The Balaban J connectivity index is 1.50. The summed E-state index contributed by atoms with van der Waals surface area (Å²) in [5.41, 5.74) is 9.64. The quantitative estimate of drug-likeness (QED) is 0.213. The van der Waals surface area contributed by atoms with Crippen LogP contribution in [0.4, 0.5) is 0 Å². The summed E-state index contributed by atoms with van der Waals surface area (Å²) in [4.78, 5) is 0. The van der Waals surface area contributed by atoms with Gasteiger partial charge < -0.3 is 9.13 Å². The zero-order chi connectivity index (χ0) is 27.6. The number of nitrogens with zero attached hydrogens (tertiary/aromatic N) is 2. The van der Waals surface area contributed by atoms with Crippen molar-refractivity contribution in [3.63, 3.8) is 0 Å². The maximum absolute atomic E-state index is 2.49. The third-order valence-corrected chi connectivity index (χ3v) is 8.69. The fourth-order valence-electron chi connectivity index (χ4n) is 6.87. The van der Waals surface area contributed by atoms with Crippen LogP contribution in [-0.4, -0.2) is 9.13 Å². The van der Waals surface area contributed by atoms with E-state index in [0.29, 0.717) is 0 Å². The predicted octanol–water partition coefficient (Wildman–Crippen LogP) is 10.7. The van der Waals surface area contributed by atoms with E-state index in [9.17, 15) is 0 Å². The maximum atomic E-state index is 2.49. The Kier molecular flexibility index (Phi) is 4.93. The smallest absolute Gasteiger partial charge is 0.0789 e. The number of benzene rings is 7. The van der Waals surface area contributed by atoms with Gasteiger partial charge in [0.05, 0.1) is 27.8 Å². The van der Waals surface area contributed by atoms with Gasteiger partial charge in [0.25, 0.3) is 0 Å². The van der Waals surface area contributed by atoms with Crippen LogP contribution in [0.25, 0.3) is 76.9 Å². The second-order valence-corrected chi connectivity index (χ2v) is 11.0. The highest BCUT2D eigenvalue weighted by atomic mass is 15.0. The van der Waals surface area contributed by atoms with Crippen LogP contribution >= 0.6 is 0 Å². The van der Waals surface area contributed by atoms with Crippen molar-refractivity contribution < 1.29 is 0 Å². The van der Waals surface area contributed by atoms with E-state index in [2.05, 4.69) is 167 Å². The molecule has 0 aliphatic heterocycles. The van der Waals surface area contributed by atoms with Gasteiger partial charge in [-0.05, 0) is 46.7 Å². The molecule has 0 N–H and O–H groups in total. The first-order valence-electron chi connectivity index (χ1n) is 14.5. The molecule has 2 heterocycles. The minimum atomic E-state index is 1.17. The lowest BCUT2D eigenvalue weighted by atomic mass is 10.0. The first-order valence-corrected chi connectivity index (χ1v) is 14.5. The molecule has 2 nitrogen and oxygen atoms in total. The lowest BCUT2D eigenvalue weighted by molar-refractivity contribution is 1.15. The van der Waals surface area contributed by atoms with Gasteiger partial charge in [-0.15, -0.1) is 0 Å². The van der Waals surface area contributed by atoms with Crippen molar-refractivity contribution in [3.05, 3.63) is 158 Å². The van der Waals surface area contributed by atoms with Crippen LogP contribution in [0.2, 0.25) is 0 Å². The summed E-state index contributed by atoms with van der Waals surface area (Å²) in [5, 5.41) is 7.52. The Morgan fingerprint density at radius 1 is 0.357 bits per heavy atom. The maximum Gasteiger partial charge on any atom is 0.0789 e. The molecule has 0 fully saturated rings. The topological polar surface area (TPSA) is 9.86 Å².